The maximum absolute atomic E-state index is 13.3. The van der Waals surface area contributed by atoms with Gasteiger partial charge in [0.25, 0.3) is 5.91 Å². The highest BCUT2D eigenvalue weighted by Gasteiger charge is 2.21. The molecule has 1 heterocycles. The van der Waals surface area contributed by atoms with Gasteiger partial charge in [-0.1, -0.05) is 59.6 Å². The first-order valence-corrected chi connectivity index (χ1v) is 11.4. The molecule has 4 aromatic rings. The summed E-state index contributed by atoms with van der Waals surface area (Å²) in [5.41, 5.74) is 2.06. The SMILES string of the molecule is COc1ccccc1CNc1nc(NCc2ccccc2OC)n(C(=O)c2ccc(Cl)cc2Cl)n1. The number of methoxy groups -OCH3 is 2. The summed E-state index contributed by atoms with van der Waals surface area (Å²) in [6.07, 6.45) is 0. The van der Waals surface area contributed by atoms with Crippen molar-refractivity contribution in [1.29, 1.82) is 0 Å². The number of benzene rings is 3. The van der Waals surface area contributed by atoms with E-state index in [1.807, 2.05) is 48.5 Å². The van der Waals surface area contributed by atoms with Crippen LogP contribution in [0.3, 0.4) is 0 Å². The molecule has 180 valence electrons. The Morgan fingerprint density at radius 1 is 0.886 bits per heavy atom. The Bertz CT molecular complexity index is 1340. The molecule has 4 rings (SSSR count). The molecule has 8 nitrogen and oxygen atoms in total. The number of hydrogen-bond donors (Lipinski definition) is 2. The summed E-state index contributed by atoms with van der Waals surface area (Å²) in [5.74, 6) is 1.50. The second kappa shape index (κ2) is 11.1. The molecule has 2 N–H and O–H groups in total. The number of halogens is 2. The lowest BCUT2D eigenvalue weighted by molar-refractivity contribution is 0.0947. The zero-order chi connectivity index (χ0) is 24.8. The molecule has 0 aliphatic heterocycles. The van der Waals surface area contributed by atoms with E-state index in [-0.39, 0.29) is 22.5 Å². The van der Waals surface area contributed by atoms with E-state index in [2.05, 4.69) is 20.7 Å². The third kappa shape index (κ3) is 5.67. The van der Waals surface area contributed by atoms with Gasteiger partial charge < -0.3 is 20.1 Å². The standard InChI is InChI=1S/C25H23Cl2N5O3/c1-34-21-9-5-3-7-16(21)14-28-24-30-25(29-15-17-8-4-6-10-22(17)35-2)32(31-24)23(33)19-12-11-18(26)13-20(19)27/h3-13H,14-15H2,1-2H3,(H2,28,29,30,31). The van der Waals surface area contributed by atoms with Gasteiger partial charge in [0, 0.05) is 29.2 Å². The largest absolute Gasteiger partial charge is 0.496 e. The molecular formula is C25H23Cl2N5O3. The Morgan fingerprint density at radius 2 is 1.49 bits per heavy atom. The topological polar surface area (TPSA) is 90.3 Å². The number of rotatable bonds is 9. The van der Waals surface area contributed by atoms with Crippen LogP contribution in [0.1, 0.15) is 21.5 Å². The zero-order valence-corrected chi connectivity index (χ0v) is 20.6. The summed E-state index contributed by atoms with van der Waals surface area (Å²) in [6.45, 7) is 0.756. The van der Waals surface area contributed by atoms with Gasteiger partial charge in [0.05, 0.1) is 24.8 Å². The number of nitrogens with zero attached hydrogens (tertiary/aromatic N) is 3. The van der Waals surface area contributed by atoms with Crippen LogP contribution in [0.5, 0.6) is 11.5 Å². The van der Waals surface area contributed by atoms with E-state index in [1.165, 1.54) is 10.7 Å². The number of carbonyl (C=O) groups excluding carboxylic acids is 1. The number of para-hydroxylation sites is 2. The maximum Gasteiger partial charge on any atom is 0.282 e. The highest BCUT2D eigenvalue weighted by atomic mass is 35.5. The summed E-state index contributed by atoms with van der Waals surface area (Å²) < 4.78 is 12.0. The molecule has 0 radical (unpaired) electrons. The molecule has 1 aromatic heterocycles. The fourth-order valence-corrected chi connectivity index (χ4v) is 3.96. The van der Waals surface area contributed by atoms with E-state index >= 15 is 0 Å². The van der Waals surface area contributed by atoms with E-state index < -0.39 is 5.91 Å². The van der Waals surface area contributed by atoms with Crippen LogP contribution in [-0.4, -0.2) is 34.9 Å². The quantitative estimate of drug-likeness (QED) is 0.306. The third-order valence-electron chi connectivity index (χ3n) is 5.22. The van der Waals surface area contributed by atoms with Crippen LogP contribution in [0.4, 0.5) is 11.9 Å². The summed E-state index contributed by atoms with van der Waals surface area (Å²) in [5, 5.41) is 11.4. The Kier molecular flexibility index (Phi) is 7.74. The minimum absolute atomic E-state index is 0.220. The number of hydrogen-bond acceptors (Lipinski definition) is 7. The number of aromatic nitrogens is 3. The highest BCUT2D eigenvalue weighted by Crippen LogP contribution is 2.25. The second-order valence-corrected chi connectivity index (χ2v) is 8.27. The number of ether oxygens (including phenoxy) is 2. The predicted molar refractivity (Wildman–Crippen MR) is 137 cm³/mol. The molecule has 0 spiro atoms. The van der Waals surface area contributed by atoms with Crippen molar-refractivity contribution in [3.8, 4) is 11.5 Å². The van der Waals surface area contributed by atoms with Gasteiger partial charge in [-0.3, -0.25) is 4.79 Å². The fraction of sp³-hybridized carbons (Fsp3) is 0.160. The van der Waals surface area contributed by atoms with E-state index in [4.69, 9.17) is 32.7 Å². The summed E-state index contributed by atoms with van der Waals surface area (Å²) in [7, 11) is 3.22. The minimum Gasteiger partial charge on any atom is -0.496 e. The van der Waals surface area contributed by atoms with Crippen molar-refractivity contribution < 1.29 is 14.3 Å². The van der Waals surface area contributed by atoms with Gasteiger partial charge in [-0.05, 0) is 30.3 Å². The first kappa shape index (κ1) is 24.4. The molecule has 0 saturated carbocycles. The Balaban J connectivity index is 1.63. The molecule has 10 heteroatoms. The van der Waals surface area contributed by atoms with Gasteiger partial charge in [0.2, 0.25) is 11.9 Å². The van der Waals surface area contributed by atoms with E-state index in [1.54, 1.807) is 26.4 Å². The smallest absolute Gasteiger partial charge is 0.282 e. The van der Waals surface area contributed by atoms with E-state index in [0.717, 1.165) is 16.9 Å². The van der Waals surface area contributed by atoms with Crippen LogP contribution in [0, 0.1) is 0 Å². The van der Waals surface area contributed by atoms with Crippen molar-refractivity contribution in [2.45, 2.75) is 13.1 Å². The molecule has 0 fully saturated rings. The van der Waals surface area contributed by atoms with E-state index in [9.17, 15) is 4.79 Å². The Hall–Kier alpha value is -3.75. The summed E-state index contributed by atoms with van der Waals surface area (Å²) >= 11 is 12.3. The van der Waals surface area contributed by atoms with Crippen LogP contribution in [-0.2, 0) is 13.1 Å². The van der Waals surface area contributed by atoms with Crippen molar-refractivity contribution in [3.05, 3.63) is 93.5 Å². The number of anilines is 2. The first-order valence-electron chi connectivity index (χ1n) is 10.7. The van der Waals surface area contributed by atoms with Crippen molar-refractivity contribution in [2.24, 2.45) is 0 Å². The predicted octanol–water partition coefficient (Wildman–Crippen LogP) is 5.51. The minimum atomic E-state index is -0.452. The molecule has 35 heavy (non-hydrogen) atoms. The van der Waals surface area contributed by atoms with Gasteiger partial charge in [-0.25, -0.2) is 0 Å². The number of carbonyl (C=O) groups is 1. The van der Waals surface area contributed by atoms with Gasteiger partial charge in [0.15, 0.2) is 0 Å². The lowest BCUT2D eigenvalue weighted by Gasteiger charge is -2.10. The van der Waals surface area contributed by atoms with Crippen LogP contribution >= 0.6 is 23.2 Å². The van der Waals surface area contributed by atoms with Crippen molar-refractivity contribution >= 4 is 41.0 Å². The average Bonchev–Trinajstić information content (AvgIpc) is 3.29. The van der Waals surface area contributed by atoms with Gasteiger partial charge in [-0.15, -0.1) is 5.10 Å². The van der Waals surface area contributed by atoms with Crippen LogP contribution < -0.4 is 20.1 Å². The number of nitrogens with one attached hydrogen (secondary N) is 2. The van der Waals surface area contributed by atoms with Gasteiger partial charge >= 0.3 is 0 Å². The lowest BCUT2D eigenvalue weighted by Crippen LogP contribution is -2.18. The Morgan fingerprint density at radius 3 is 2.09 bits per heavy atom. The van der Waals surface area contributed by atoms with E-state index in [0.29, 0.717) is 23.9 Å². The molecule has 0 unspecified atom stereocenters. The highest BCUT2D eigenvalue weighted by molar-refractivity contribution is 6.36. The average molecular weight is 512 g/mol. The molecule has 0 bridgehead atoms. The molecular weight excluding hydrogens is 489 g/mol. The van der Waals surface area contributed by atoms with Crippen molar-refractivity contribution in [1.82, 2.24) is 14.8 Å². The van der Waals surface area contributed by atoms with Crippen LogP contribution in [0.25, 0.3) is 0 Å². The first-order chi connectivity index (χ1) is 17.0. The Labute approximate surface area is 212 Å². The van der Waals surface area contributed by atoms with Gasteiger partial charge in [0.1, 0.15) is 11.5 Å². The third-order valence-corrected chi connectivity index (χ3v) is 5.77. The molecule has 0 aliphatic carbocycles. The molecule has 0 amide bonds. The van der Waals surface area contributed by atoms with Crippen molar-refractivity contribution in [3.63, 3.8) is 0 Å². The lowest BCUT2D eigenvalue weighted by atomic mass is 10.2. The molecule has 3 aromatic carbocycles. The molecule has 0 atom stereocenters. The maximum atomic E-state index is 13.3. The monoisotopic (exact) mass is 511 g/mol. The normalized spacial score (nSPS) is 10.6. The molecule has 0 aliphatic rings. The van der Waals surface area contributed by atoms with Crippen molar-refractivity contribution in [2.75, 3.05) is 24.9 Å². The van der Waals surface area contributed by atoms with Gasteiger partial charge in [-0.2, -0.15) is 9.67 Å². The second-order valence-electron chi connectivity index (χ2n) is 7.43. The van der Waals surface area contributed by atoms with Crippen LogP contribution in [0.2, 0.25) is 10.0 Å². The summed E-state index contributed by atoms with van der Waals surface area (Å²) in [4.78, 5) is 17.8. The summed E-state index contributed by atoms with van der Waals surface area (Å²) in [6, 6.07) is 19.8. The fourth-order valence-electron chi connectivity index (χ4n) is 3.47. The van der Waals surface area contributed by atoms with Crippen LogP contribution in [0.15, 0.2) is 66.7 Å². The molecule has 0 saturated heterocycles. The zero-order valence-electron chi connectivity index (χ0n) is 19.1.